The van der Waals surface area contributed by atoms with E-state index >= 15 is 0 Å². The van der Waals surface area contributed by atoms with Crippen LogP contribution in [0.15, 0.2) is 24.3 Å². The van der Waals surface area contributed by atoms with E-state index in [9.17, 15) is 4.79 Å². The molecule has 0 spiro atoms. The Bertz CT molecular complexity index is 413. The zero-order chi connectivity index (χ0) is 13.7. The number of carbonyl (C=O) groups excluding carboxylic acids is 1. The number of carbonyl (C=O) groups is 1. The molecule has 1 fully saturated rings. The van der Waals surface area contributed by atoms with Gasteiger partial charge in [-0.2, -0.15) is 0 Å². The largest absolute Gasteiger partial charge is 0.338 e. The van der Waals surface area contributed by atoms with E-state index in [1.165, 1.54) is 18.4 Å². The molecular formula is C16H24N2O. The summed E-state index contributed by atoms with van der Waals surface area (Å²) in [5.41, 5.74) is 7.53. The third-order valence-electron chi connectivity index (χ3n) is 3.90. The molecule has 1 atom stereocenters. The first-order valence-corrected chi connectivity index (χ1v) is 7.33. The number of rotatable bonds is 5. The van der Waals surface area contributed by atoms with E-state index in [2.05, 4.69) is 6.92 Å². The first-order chi connectivity index (χ1) is 9.24. The minimum atomic E-state index is 0.179. The van der Waals surface area contributed by atoms with E-state index in [1.807, 2.05) is 29.2 Å². The third kappa shape index (κ3) is 3.57. The van der Waals surface area contributed by atoms with Crippen molar-refractivity contribution in [1.29, 1.82) is 0 Å². The molecule has 0 aromatic heterocycles. The zero-order valence-corrected chi connectivity index (χ0v) is 11.8. The Hall–Kier alpha value is -1.35. The lowest BCUT2D eigenvalue weighted by Crippen LogP contribution is -2.28. The maximum Gasteiger partial charge on any atom is 0.253 e. The average molecular weight is 260 g/mol. The first kappa shape index (κ1) is 14.1. The van der Waals surface area contributed by atoms with Crippen molar-refractivity contribution in [2.24, 2.45) is 11.7 Å². The van der Waals surface area contributed by atoms with Gasteiger partial charge in [-0.1, -0.05) is 25.5 Å². The molecule has 2 rings (SSSR count). The molecule has 19 heavy (non-hydrogen) atoms. The van der Waals surface area contributed by atoms with Crippen LogP contribution in [0.25, 0.3) is 0 Å². The molecule has 0 aliphatic carbocycles. The van der Waals surface area contributed by atoms with Gasteiger partial charge in [-0.3, -0.25) is 4.79 Å². The summed E-state index contributed by atoms with van der Waals surface area (Å²) in [7, 11) is 0. The van der Waals surface area contributed by atoms with Gasteiger partial charge in [0.1, 0.15) is 0 Å². The molecule has 1 aromatic rings. The van der Waals surface area contributed by atoms with Crippen LogP contribution in [0.2, 0.25) is 0 Å². The molecule has 1 aliphatic rings. The summed E-state index contributed by atoms with van der Waals surface area (Å²) < 4.78 is 0. The van der Waals surface area contributed by atoms with E-state index in [-0.39, 0.29) is 5.91 Å². The lowest BCUT2D eigenvalue weighted by molar-refractivity contribution is 0.0786. The monoisotopic (exact) mass is 260 g/mol. The van der Waals surface area contributed by atoms with Crippen molar-refractivity contribution in [2.75, 3.05) is 19.6 Å². The van der Waals surface area contributed by atoms with Gasteiger partial charge < -0.3 is 10.6 Å². The van der Waals surface area contributed by atoms with E-state index < -0.39 is 0 Å². The molecule has 0 bridgehead atoms. The van der Waals surface area contributed by atoms with Crippen molar-refractivity contribution >= 4 is 5.91 Å². The fraction of sp³-hybridized carbons (Fsp3) is 0.562. The minimum Gasteiger partial charge on any atom is -0.338 e. The van der Waals surface area contributed by atoms with Crippen LogP contribution in [0.5, 0.6) is 0 Å². The van der Waals surface area contributed by atoms with Gasteiger partial charge in [-0.15, -0.1) is 0 Å². The molecule has 1 saturated heterocycles. The fourth-order valence-corrected chi connectivity index (χ4v) is 2.82. The highest BCUT2D eigenvalue weighted by molar-refractivity contribution is 5.94. The Balaban J connectivity index is 1.96. The number of hydrogen-bond acceptors (Lipinski definition) is 2. The second kappa shape index (κ2) is 6.71. The molecule has 1 heterocycles. The summed E-state index contributed by atoms with van der Waals surface area (Å²) in [6, 6.07) is 7.89. The Morgan fingerprint density at radius 2 is 2.11 bits per heavy atom. The second-order valence-electron chi connectivity index (χ2n) is 5.43. The average Bonchev–Trinajstić information content (AvgIpc) is 2.88. The van der Waals surface area contributed by atoms with Gasteiger partial charge >= 0.3 is 0 Å². The van der Waals surface area contributed by atoms with Crippen molar-refractivity contribution in [3.63, 3.8) is 0 Å². The number of benzene rings is 1. The maximum absolute atomic E-state index is 12.4. The SMILES string of the molecule is CCCC1CCN(C(=O)c2ccc(CCN)cc2)C1. The van der Waals surface area contributed by atoms with Gasteiger partial charge in [0.2, 0.25) is 0 Å². The standard InChI is InChI=1S/C16H24N2O/c1-2-3-14-9-11-18(12-14)16(19)15-6-4-13(5-7-15)8-10-17/h4-7,14H,2-3,8-12,17H2,1H3. The zero-order valence-electron chi connectivity index (χ0n) is 11.8. The highest BCUT2D eigenvalue weighted by atomic mass is 16.2. The molecule has 0 saturated carbocycles. The molecule has 1 unspecified atom stereocenters. The summed E-state index contributed by atoms with van der Waals surface area (Å²) >= 11 is 0. The lowest BCUT2D eigenvalue weighted by atomic mass is 10.0. The summed E-state index contributed by atoms with van der Waals surface area (Å²) in [6.07, 6.45) is 4.47. The van der Waals surface area contributed by atoms with Crippen molar-refractivity contribution in [3.8, 4) is 0 Å². The van der Waals surface area contributed by atoms with Gasteiger partial charge in [0.15, 0.2) is 0 Å². The van der Waals surface area contributed by atoms with Crippen LogP contribution in [0.3, 0.4) is 0 Å². The summed E-state index contributed by atoms with van der Waals surface area (Å²) in [4.78, 5) is 14.4. The van der Waals surface area contributed by atoms with Crippen molar-refractivity contribution < 1.29 is 4.79 Å². The normalized spacial score (nSPS) is 18.8. The first-order valence-electron chi connectivity index (χ1n) is 7.33. The van der Waals surface area contributed by atoms with Crippen LogP contribution in [0.1, 0.15) is 42.1 Å². The van der Waals surface area contributed by atoms with Crippen molar-refractivity contribution in [2.45, 2.75) is 32.6 Å². The Morgan fingerprint density at radius 3 is 2.74 bits per heavy atom. The van der Waals surface area contributed by atoms with E-state index in [0.29, 0.717) is 12.5 Å². The number of nitrogens with zero attached hydrogens (tertiary/aromatic N) is 1. The highest BCUT2D eigenvalue weighted by Crippen LogP contribution is 2.22. The molecule has 104 valence electrons. The smallest absolute Gasteiger partial charge is 0.253 e. The molecule has 1 aromatic carbocycles. The van der Waals surface area contributed by atoms with E-state index in [0.717, 1.165) is 31.5 Å². The molecule has 3 nitrogen and oxygen atoms in total. The summed E-state index contributed by atoms with van der Waals surface area (Å²) in [5.74, 6) is 0.878. The van der Waals surface area contributed by atoms with Crippen LogP contribution < -0.4 is 5.73 Å². The highest BCUT2D eigenvalue weighted by Gasteiger charge is 2.26. The Kier molecular flexibility index (Phi) is 4.97. The predicted octanol–water partition coefficient (Wildman–Crippen LogP) is 2.45. The van der Waals surface area contributed by atoms with Gasteiger partial charge in [-0.25, -0.2) is 0 Å². The van der Waals surface area contributed by atoms with Gasteiger partial charge in [0, 0.05) is 18.7 Å². The van der Waals surface area contributed by atoms with Crippen LogP contribution in [-0.4, -0.2) is 30.4 Å². The van der Waals surface area contributed by atoms with E-state index in [1.54, 1.807) is 0 Å². The number of nitrogens with two attached hydrogens (primary N) is 1. The summed E-state index contributed by atoms with van der Waals surface area (Å²) in [5, 5.41) is 0. The summed E-state index contributed by atoms with van der Waals surface area (Å²) in [6.45, 7) is 4.70. The molecule has 2 N–H and O–H groups in total. The van der Waals surface area contributed by atoms with Crippen LogP contribution in [-0.2, 0) is 6.42 Å². The van der Waals surface area contributed by atoms with Gasteiger partial charge in [0.25, 0.3) is 5.91 Å². The molecule has 3 heteroatoms. The topological polar surface area (TPSA) is 46.3 Å². The number of amides is 1. The molecular weight excluding hydrogens is 236 g/mol. The maximum atomic E-state index is 12.4. The van der Waals surface area contributed by atoms with Crippen LogP contribution in [0, 0.1) is 5.92 Å². The lowest BCUT2D eigenvalue weighted by Gasteiger charge is -2.16. The molecule has 1 amide bonds. The quantitative estimate of drug-likeness (QED) is 0.884. The Morgan fingerprint density at radius 1 is 1.37 bits per heavy atom. The predicted molar refractivity (Wildman–Crippen MR) is 78.1 cm³/mol. The molecule has 0 radical (unpaired) electrons. The van der Waals surface area contributed by atoms with Gasteiger partial charge in [-0.05, 0) is 49.4 Å². The fourth-order valence-electron chi connectivity index (χ4n) is 2.82. The second-order valence-corrected chi connectivity index (χ2v) is 5.43. The number of hydrogen-bond donors (Lipinski definition) is 1. The van der Waals surface area contributed by atoms with E-state index in [4.69, 9.17) is 5.73 Å². The van der Waals surface area contributed by atoms with Crippen molar-refractivity contribution in [1.82, 2.24) is 4.90 Å². The Labute approximate surface area is 115 Å². The third-order valence-corrected chi connectivity index (χ3v) is 3.90. The van der Waals surface area contributed by atoms with Crippen molar-refractivity contribution in [3.05, 3.63) is 35.4 Å². The van der Waals surface area contributed by atoms with Crippen LogP contribution in [0.4, 0.5) is 0 Å². The molecule has 1 aliphatic heterocycles. The number of likely N-dealkylation sites (tertiary alicyclic amines) is 1. The van der Waals surface area contributed by atoms with Crippen LogP contribution >= 0.6 is 0 Å². The van der Waals surface area contributed by atoms with Gasteiger partial charge in [0.05, 0.1) is 0 Å². The minimum absolute atomic E-state index is 0.179.